The van der Waals surface area contributed by atoms with Crippen LogP contribution in [0, 0.1) is 0 Å². The molecule has 0 saturated carbocycles. The number of pyridine rings is 2. The van der Waals surface area contributed by atoms with Crippen molar-refractivity contribution in [1.29, 1.82) is 0 Å². The zero-order valence-electron chi connectivity index (χ0n) is 13.5. The molecule has 0 fully saturated rings. The minimum Gasteiger partial charge on any atom is -0.494 e. The van der Waals surface area contributed by atoms with Gasteiger partial charge in [0.15, 0.2) is 5.82 Å². The third-order valence-electron chi connectivity index (χ3n) is 3.29. The van der Waals surface area contributed by atoms with Crippen molar-refractivity contribution < 1.29 is 9.53 Å². The molecule has 2 heterocycles. The molecular weight excluding hydrogens is 318 g/mol. The molecule has 0 aliphatic heterocycles. The molecule has 0 bridgehead atoms. The molecule has 3 aromatic rings. The molecule has 0 unspecified atom stereocenters. The van der Waals surface area contributed by atoms with Crippen molar-refractivity contribution in [3.05, 3.63) is 72.7 Å². The SMILES string of the molecule is COc1cc(/N=N\c2ccccn2)ccc1NC(=O)c1ccncc1. The maximum atomic E-state index is 12.2. The van der Waals surface area contributed by atoms with E-state index in [0.717, 1.165) is 0 Å². The fourth-order valence-corrected chi connectivity index (χ4v) is 2.07. The number of azo groups is 1. The van der Waals surface area contributed by atoms with Crippen LogP contribution in [0.3, 0.4) is 0 Å². The minimum absolute atomic E-state index is 0.247. The first-order chi connectivity index (χ1) is 12.3. The zero-order chi connectivity index (χ0) is 17.5. The van der Waals surface area contributed by atoms with Crippen LogP contribution in [0.1, 0.15) is 10.4 Å². The number of amides is 1. The van der Waals surface area contributed by atoms with E-state index in [1.807, 2.05) is 12.1 Å². The number of nitrogens with zero attached hydrogens (tertiary/aromatic N) is 4. The molecule has 0 aliphatic carbocycles. The quantitative estimate of drug-likeness (QED) is 0.710. The zero-order valence-corrected chi connectivity index (χ0v) is 13.5. The van der Waals surface area contributed by atoms with Gasteiger partial charge in [0.1, 0.15) is 5.75 Å². The van der Waals surface area contributed by atoms with E-state index in [2.05, 4.69) is 25.5 Å². The van der Waals surface area contributed by atoms with Gasteiger partial charge < -0.3 is 10.1 Å². The average Bonchev–Trinajstić information content (AvgIpc) is 2.68. The Labute approximate surface area is 144 Å². The number of anilines is 1. The molecule has 3 rings (SSSR count). The Morgan fingerprint density at radius 3 is 2.60 bits per heavy atom. The molecule has 0 saturated heterocycles. The molecular formula is C18H15N5O2. The molecule has 124 valence electrons. The van der Waals surface area contributed by atoms with Crippen molar-refractivity contribution in [3.63, 3.8) is 0 Å². The lowest BCUT2D eigenvalue weighted by molar-refractivity contribution is 0.102. The Bertz CT molecular complexity index is 882. The fourth-order valence-electron chi connectivity index (χ4n) is 2.07. The Kier molecular flexibility index (Phi) is 5.06. The first kappa shape index (κ1) is 16.3. The van der Waals surface area contributed by atoms with Crippen molar-refractivity contribution >= 4 is 23.1 Å². The second-order valence-electron chi connectivity index (χ2n) is 4.96. The number of rotatable bonds is 5. The highest BCUT2D eigenvalue weighted by Gasteiger charge is 2.10. The van der Waals surface area contributed by atoms with Crippen LogP contribution in [0.15, 0.2) is 77.3 Å². The van der Waals surface area contributed by atoms with E-state index in [0.29, 0.717) is 28.5 Å². The monoisotopic (exact) mass is 333 g/mol. The normalized spacial score (nSPS) is 10.6. The maximum absolute atomic E-state index is 12.2. The van der Waals surface area contributed by atoms with E-state index >= 15 is 0 Å². The van der Waals surface area contributed by atoms with Gasteiger partial charge in [-0.05, 0) is 36.4 Å². The summed E-state index contributed by atoms with van der Waals surface area (Å²) in [6.07, 6.45) is 4.77. The molecule has 0 atom stereocenters. The molecule has 1 amide bonds. The lowest BCUT2D eigenvalue weighted by atomic mass is 10.2. The topological polar surface area (TPSA) is 88.8 Å². The third-order valence-corrected chi connectivity index (χ3v) is 3.29. The van der Waals surface area contributed by atoms with E-state index in [9.17, 15) is 4.79 Å². The highest BCUT2D eigenvalue weighted by atomic mass is 16.5. The fraction of sp³-hybridized carbons (Fsp3) is 0.0556. The number of nitrogens with one attached hydrogen (secondary N) is 1. The Morgan fingerprint density at radius 2 is 1.88 bits per heavy atom. The number of aromatic nitrogens is 2. The second kappa shape index (κ2) is 7.78. The molecule has 1 N–H and O–H groups in total. The van der Waals surface area contributed by atoms with Crippen LogP contribution in [0.5, 0.6) is 5.75 Å². The van der Waals surface area contributed by atoms with Gasteiger partial charge in [0.2, 0.25) is 0 Å². The van der Waals surface area contributed by atoms with Crippen LogP contribution in [0.2, 0.25) is 0 Å². The molecule has 0 radical (unpaired) electrons. The smallest absolute Gasteiger partial charge is 0.255 e. The van der Waals surface area contributed by atoms with Crippen molar-refractivity contribution in [1.82, 2.24) is 9.97 Å². The summed E-state index contributed by atoms with van der Waals surface area (Å²) in [5, 5.41) is 11.0. The average molecular weight is 333 g/mol. The molecule has 0 spiro atoms. The number of hydrogen-bond acceptors (Lipinski definition) is 6. The predicted octanol–water partition coefficient (Wildman–Crippen LogP) is 4.15. The van der Waals surface area contributed by atoms with Gasteiger partial charge in [0.25, 0.3) is 5.91 Å². The Hall–Kier alpha value is -3.61. The van der Waals surface area contributed by atoms with Crippen molar-refractivity contribution in [2.45, 2.75) is 0 Å². The number of ether oxygens (including phenoxy) is 1. The van der Waals surface area contributed by atoms with Crippen LogP contribution >= 0.6 is 0 Å². The number of carbonyl (C=O) groups is 1. The minimum atomic E-state index is -0.247. The molecule has 2 aromatic heterocycles. The van der Waals surface area contributed by atoms with Crippen LogP contribution in [0.4, 0.5) is 17.2 Å². The summed E-state index contributed by atoms with van der Waals surface area (Å²) in [4.78, 5) is 20.2. The summed E-state index contributed by atoms with van der Waals surface area (Å²) >= 11 is 0. The molecule has 1 aromatic carbocycles. The highest BCUT2D eigenvalue weighted by molar-refractivity contribution is 6.05. The molecule has 7 nitrogen and oxygen atoms in total. The molecule has 0 aliphatic rings. The van der Waals surface area contributed by atoms with E-state index in [-0.39, 0.29) is 5.91 Å². The number of benzene rings is 1. The van der Waals surface area contributed by atoms with Crippen LogP contribution in [-0.2, 0) is 0 Å². The van der Waals surface area contributed by atoms with Gasteiger partial charge >= 0.3 is 0 Å². The Morgan fingerprint density at radius 1 is 1.04 bits per heavy atom. The molecule has 25 heavy (non-hydrogen) atoms. The van der Waals surface area contributed by atoms with Crippen molar-refractivity contribution in [3.8, 4) is 5.75 Å². The van der Waals surface area contributed by atoms with Gasteiger partial charge in [-0.25, -0.2) is 4.98 Å². The first-order valence-corrected chi connectivity index (χ1v) is 7.48. The van der Waals surface area contributed by atoms with Gasteiger partial charge in [0.05, 0.1) is 18.5 Å². The summed E-state index contributed by atoms with van der Waals surface area (Å²) in [5.41, 5.74) is 1.64. The number of carbonyl (C=O) groups excluding carboxylic acids is 1. The van der Waals surface area contributed by atoms with Gasteiger partial charge in [-0.2, -0.15) is 0 Å². The summed E-state index contributed by atoms with van der Waals surface area (Å²) in [6, 6.07) is 13.8. The van der Waals surface area contributed by atoms with E-state index < -0.39 is 0 Å². The summed E-state index contributed by atoms with van der Waals surface area (Å²) in [7, 11) is 1.52. The summed E-state index contributed by atoms with van der Waals surface area (Å²) < 4.78 is 5.33. The second-order valence-corrected chi connectivity index (χ2v) is 4.96. The van der Waals surface area contributed by atoms with Gasteiger partial charge in [-0.3, -0.25) is 9.78 Å². The van der Waals surface area contributed by atoms with Crippen molar-refractivity contribution in [2.24, 2.45) is 10.2 Å². The first-order valence-electron chi connectivity index (χ1n) is 7.48. The standard InChI is InChI=1S/C18H15N5O2/c1-25-16-12-14(22-23-17-4-2-3-9-20-17)5-6-15(16)21-18(24)13-7-10-19-11-8-13/h2-12H,1H3,(H,21,24)/b23-22-. The van der Waals surface area contributed by atoms with Crippen LogP contribution < -0.4 is 10.1 Å². The number of methoxy groups -OCH3 is 1. The van der Waals surface area contributed by atoms with Crippen LogP contribution in [0.25, 0.3) is 0 Å². The lowest BCUT2D eigenvalue weighted by Crippen LogP contribution is -2.12. The largest absolute Gasteiger partial charge is 0.494 e. The van der Waals surface area contributed by atoms with E-state index in [1.54, 1.807) is 55.0 Å². The predicted molar refractivity (Wildman–Crippen MR) is 93.6 cm³/mol. The van der Waals surface area contributed by atoms with E-state index in [4.69, 9.17) is 4.74 Å². The third kappa shape index (κ3) is 4.23. The maximum Gasteiger partial charge on any atom is 0.255 e. The van der Waals surface area contributed by atoms with Crippen LogP contribution in [-0.4, -0.2) is 23.0 Å². The van der Waals surface area contributed by atoms with Gasteiger partial charge in [-0.1, -0.05) is 6.07 Å². The summed E-state index contributed by atoms with van der Waals surface area (Å²) in [6.45, 7) is 0. The summed E-state index contributed by atoms with van der Waals surface area (Å²) in [5.74, 6) is 0.750. The highest BCUT2D eigenvalue weighted by Crippen LogP contribution is 2.30. The molecule has 7 heteroatoms. The van der Waals surface area contributed by atoms with Gasteiger partial charge in [0, 0.05) is 30.2 Å². The lowest BCUT2D eigenvalue weighted by Gasteiger charge is -2.10. The van der Waals surface area contributed by atoms with E-state index in [1.165, 1.54) is 7.11 Å². The Balaban J connectivity index is 1.78. The van der Waals surface area contributed by atoms with Gasteiger partial charge in [-0.15, -0.1) is 10.2 Å². The van der Waals surface area contributed by atoms with Crippen molar-refractivity contribution in [2.75, 3.05) is 12.4 Å². The number of hydrogen-bond donors (Lipinski definition) is 1.